The maximum absolute atomic E-state index is 9.60. The van der Waals surface area contributed by atoms with Gasteiger partial charge in [-0.3, -0.25) is 0 Å². The van der Waals surface area contributed by atoms with Gasteiger partial charge in [0.15, 0.2) is 0 Å². The average Bonchev–Trinajstić information content (AvgIpc) is 2.27. The average molecular weight is 235 g/mol. The van der Waals surface area contributed by atoms with Crippen molar-refractivity contribution >= 4 is 0 Å². The number of ether oxygens (including phenoxy) is 3. The van der Waals surface area contributed by atoms with Crippen molar-refractivity contribution < 1.29 is 19.3 Å². The molecule has 0 rings (SSSR count). The summed E-state index contributed by atoms with van der Waals surface area (Å²) in [7, 11) is 1.64. The summed E-state index contributed by atoms with van der Waals surface area (Å²) in [6.07, 6.45) is 1.47. The van der Waals surface area contributed by atoms with Gasteiger partial charge in [-0.2, -0.15) is 0 Å². The first kappa shape index (κ1) is 15.8. The molecule has 5 heteroatoms. The molecule has 0 aliphatic rings. The third-order valence-corrected chi connectivity index (χ3v) is 2.25. The highest BCUT2D eigenvalue weighted by Crippen LogP contribution is 2.09. The van der Waals surface area contributed by atoms with E-state index in [9.17, 15) is 5.11 Å². The van der Waals surface area contributed by atoms with Gasteiger partial charge in [0.1, 0.15) is 0 Å². The molecule has 0 heterocycles. The van der Waals surface area contributed by atoms with Crippen molar-refractivity contribution in [2.45, 2.75) is 25.4 Å². The van der Waals surface area contributed by atoms with Crippen LogP contribution < -0.4 is 5.73 Å². The number of aliphatic hydroxyl groups is 1. The van der Waals surface area contributed by atoms with E-state index in [-0.39, 0.29) is 6.54 Å². The van der Waals surface area contributed by atoms with Gasteiger partial charge < -0.3 is 25.1 Å². The van der Waals surface area contributed by atoms with E-state index in [1.54, 1.807) is 14.0 Å². The van der Waals surface area contributed by atoms with E-state index in [1.807, 2.05) is 0 Å². The summed E-state index contributed by atoms with van der Waals surface area (Å²) in [5.74, 6) is 0. The van der Waals surface area contributed by atoms with E-state index >= 15 is 0 Å². The fourth-order valence-electron chi connectivity index (χ4n) is 1.12. The lowest BCUT2D eigenvalue weighted by Crippen LogP contribution is -2.34. The van der Waals surface area contributed by atoms with Gasteiger partial charge in [-0.05, 0) is 19.8 Å². The molecule has 98 valence electrons. The Morgan fingerprint density at radius 2 is 1.62 bits per heavy atom. The van der Waals surface area contributed by atoms with Crippen molar-refractivity contribution in [3.63, 3.8) is 0 Å². The van der Waals surface area contributed by atoms with Crippen LogP contribution in [0.5, 0.6) is 0 Å². The Bertz CT molecular complexity index is 153. The van der Waals surface area contributed by atoms with Crippen LogP contribution in [0.2, 0.25) is 0 Å². The summed E-state index contributed by atoms with van der Waals surface area (Å²) >= 11 is 0. The number of nitrogens with two attached hydrogens (primary N) is 1. The van der Waals surface area contributed by atoms with Gasteiger partial charge in [-0.15, -0.1) is 0 Å². The molecule has 0 fully saturated rings. The summed E-state index contributed by atoms with van der Waals surface area (Å²) in [5, 5.41) is 9.60. The molecule has 0 saturated carbocycles. The Kier molecular flexibility index (Phi) is 9.86. The fraction of sp³-hybridized carbons (Fsp3) is 1.00. The van der Waals surface area contributed by atoms with E-state index in [2.05, 4.69) is 0 Å². The largest absolute Gasteiger partial charge is 0.389 e. The smallest absolute Gasteiger partial charge is 0.0742 e. The van der Waals surface area contributed by atoms with Crippen LogP contribution in [0.25, 0.3) is 0 Å². The molecule has 0 aliphatic heterocycles. The highest BCUT2D eigenvalue weighted by Gasteiger charge is 2.16. The van der Waals surface area contributed by atoms with Crippen LogP contribution in [-0.4, -0.2) is 57.4 Å². The van der Waals surface area contributed by atoms with Crippen LogP contribution in [0.4, 0.5) is 0 Å². The van der Waals surface area contributed by atoms with Crippen molar-refractivity contribution in [1.82, 2.24) is 0 Å². The highest BCUT2D eigenvalue weighted by molar-refractivity contribution is 4.72. The van der Waals surface area contributed by atoms with E-state index in [4.69, 9.17) is 19.9 Å². The minimum Gasteiger partial charge on any atom is -0.389 e. The minimum atomic E-state index is -0.766. The number of hydrogen-bond acceptors (Lipinski definition) is 5. The van der Waals surface area contributed by atoms with Crippen LogP contribution in [0.1, 0.15) is 19.8 Å². The van der Waals surface area contributed by atoms with Gasteiger partial charge in [0.25, 0.3) is 0 Å². The van der Waals surface area contributed by atoms with Crippen molar-refractivity contribution in [3.8, 4) is 0 Å². The molecule has 0 aliphatic carbocycles. The van der Waals surface area contributed by atoms with E-state index in [1.165, 1.54) is 0 Å². The maximum atomic E-state index is 9.60. The molecule has 0 aromatic carbocycles. The SMILES string of the molecule is COCCOCCOCCCC(C)(O)CN. The summed E-state index contributed by atoms with van der Waals surface area (Å²) in [6, 6.07) is 0. The predicted octanol–water partition coefficient (Wildman–Crippen LogP) is 0.156. The number of methoxy groups -OCH3 is 1. The normalized spacial score (nSPS) is 15.0. The van der Waals surface area contributed by atoms with Crippen LogP contribution >= 0.6 is 0 Å². The molecule has 16 heavy (non-hydrogen) atoms. The lowest BCUT2D eigenvalue weighted by Gasteiger charge is -2.20. The molecule has 0 saturated heterocycles. The first-order valence-electron chi connectivity index (χ1n) is 5.69. The molecule has 0 spiro atoms. The first-order valence-corrected chi connectivity index (χ1v) is 5.69. The van der Waals surface area contributed by atoms with Gasteiger partial charge in [0.2, 0.25) is 0 Å². The van der Waals surface area contributed by atoms with Crippen LogP contribution in [0.15, 0.2) is 0 Å². The van der Waals surface area contributed by atoms with Crippen LogP contribution in [0, 0.1) is 0 Å². The fourth-order valence-corrected chi connectivity index (χ4v) is 1.12. The third-order valence-electron chi connectivity index (χ3n) is 2.25. The monoisotopic (exact) mass is 235 g/mol. The minimum absolute atomic E-state index is 0.285. The Morgan fingerprint density at radius 3 is 2.19 bits per heavy atom. The molecule has 0 amide bonds. The lowest BCUT2D eigenvalue weighted by atomic mass is 10.0. The van der Waals surface area contributed by atoms with Gasteiger partial charge >= 0.3 is 0 Å². The molecular formula is C11H25NO4. The zero-order chi connectivity index (χ0) is 12.3. The lowest BCUT2D eigenvalue weighted by molar-refractivity contribution is 0.0140. The highest BCUT2D eigenvalue weighted by atomic mass is 16.5. The van der Waals surface area contributed by atoms with Gasteiger partial charge in [-0.1, -0.05) is 0 Å². The van der Waals surface area contributed by atoms with Gasteiger partial charge in [0, 0.05) is 20.3 Å². The topological polar surface area (TPSA) is 73.9 Å². The number of hydrogen-bond donors (Lipinski definition) is 2. The molecule has 0 aromatic heterocycles. The molecule has 0 bridgehead atoms. The first-order chi connectivity index (χ1) is 7.62. The van der Waals surface area contributed by atoms with Crippen molar-refractivity contribution in [3.05, 3.63) is 0 Å². The summed E-state index contributed by atoms with van der Waals surface area (Å²) in [6.45, 7) is 5.02. The molecule has 0 aromatic rings. The Morgan fingerprint density at radius 1 is 1.06 bits per heavy atom. The molecule has 3 N–H and O–H groups in total. The second kappa shape index (κ2) is 9.99. The van der Waals surface area contributed by atoms with E-state index in [0.29, 0.717) is 39.5 Å². The standard InChI is InChI=1S/C11H25NO4/c1-11(13,10-12)4-3-5-15-8-9-16-7-6-14-2/h13H,3-10,12H2,1-2H3. The van der Waals surface area contributed by atoms with E-state index in [0.717, 1.165) is 6.42 Å². The molecular weight excluding hydrogens is 210 g/mol. The van der Waals surface area contributed by atoms with Crippen molar-refractivity contribution in [1.29, 1.82) is 0 Å². The van der Waals surface area contributed by atoms with E-state index < -0.39 is 5.60 Å². The van der Waals surface area contributed by atoms with Crippen LogP contribution in [-0.2, 0) is 14.2 Å². The molecule has 0 radical (unpaired) electrons. The second-order valence-corrected chi connectivity index (χ2v) is 4.02. The Labute approximate surface area is 97.9 Å². The Balaban J connectivity index is 3.10. The summed E-state index contributed by atoms with van der Waals surface area (Å²) in [4.78, 5) is 0. The number of rotatable bonds is 11. The second-order valence-electron chi connectivity index (χ2n) is 4.02. The molecule has 5 nitrogen and oxygen atoms in total. The summed E-state index contributed by atoms with van der Waals surface area (Å²) in [5.41, 5.74) is 4.63. The van der Waals surface area contributed by atoms with Crippen molar-refractivity contribution in [2.24, 2.45) is 5.73 Å². The zero-order valence-electron chi connectivity index (χ0n) is 10.4. The quantitative estimate of drug-likeness (QED) is 0.499. The van der Waals surface area contributed by atoms with Gasteiger partial charge in [-0.25, -0.2) is 0 Å². The molecule has 1 atom stereocenters. The Hall–Kier alpha value is -0.200. The van der Waals surface area contributed by atoms with Crippen molar-refractivity contribution in [2.75, 3.05) is 46.7 Å². The predicted molar refractivity (Wildman–Crippen MR) is 62.4 cm³/mol. The van der Waals surface area contributed by atoms with Crippen LogP contribution in [0.3, 0.4) is 0 Å². The molecule has 1 unspecified atom stereocenters. The summed E-state index contributed by atoms with van der Waals surface area (Å²) < 4.78 is 15.4. The van der Waals surface area contributed by atoms with Gasteiger partial charge in [0.05, 0.1) is 32.0 Å². The third kappa shape index (κ3) is 10.3. The maximum Gasteiger partial charge on any atom is 0.0742 e. The zero-order valence-corrected chi connectivity index (χ0v) is 10.4.